The van der Waals surface area contributed by atoms with Crippen LogP contribution in [-0.2, 0) is 4.74 Å². The van der Waals surface area contributed by atoms with Gasteiger partial charge in [-0.15, -0.1) is 0 Å². The molecule has 0 aliphatic heterocycles. The van der Waals surface area contributed by atoms with E-state index < -0.39 is 0 Å². The molecule has 0 radical (unpaired) electrons. The van der Waals surface area contributed by atoms with Crippen LogP contribution in [0, 0.1) is 0 Å². The molecule has 88 valence electrons. The van der Waals surface area contributed by atoms with E-state index in [-0.39, 0.29) is 6.10 Å². The lowest BCUT2D eigenvalue weighted by atomic mass is 9.97. The second kappa shape index (κ2) is 6.60. The number of hydrogen-bond donors (Lipinski definition) is 0. The Bertz CT molecular complexity index is 293. The molecule has 2 heteroatoms. The molecule has 1 aliphatic rings. The van der Waals surface area contributed by atoms with Gasteiger partial charge in [-0.1, -0.05) is 72.2 Å². The van der Waals surface area contributed by atoms with Gasteiger partial charge in [0.15, 0.2) is 0 Å². The van der Waals surface area contributed by atoms with Gasteiger partial charge in [-0.25, -0.2) is 0 Å². The van der Waals surface area contributed by atoms with Crippen LogP contribution in [0.2, 0.25) is 0 Å². The molecule has 2 rings (SSSR count). The van der Waals surface area contributed by atoms with E-state index in [2.05, 4.69) is 52.9 Å². The lowest BCUT2D eigenvalue weighted by molar-refractivity contribution is -0.0185. The maximum atomic E-state index is 6.22. The van der Waals surface area contributed by atoms with E-state index in [0.717, 1.165) is 4.43 Å². The first-order valence-corrected chi connectivity index (χ1v) is 7.69. The van der Waals surface area contributed by atoms with Gasteiger partial charge in [-0.2, -0.15) is 0 Å². The summed E-state index contributed by atoms with van der Waals surface area (Å²) in [4.78, 5) is 0. The van der Waals surface area contributed by atoms with Crippen LogP contribution in [0.1, 0.15) is 43.8 Å². The first kappa shape index (κ1) is 12.4. The highest BCUT2D eigenvalue weighted by molar-refractivity contribution is 14.1. The summed E-state index contributed by atoms with van der Waals surface area (Å²) in [6.07, 6.45) is 7.35. The van der Waals surface area contributed by atoms with Crippen LogP contribution in [0.4, 0.5) is 0 Å². The summed E-state index contributed by atoms with van der Waals surface area (Å²) in [5, 5.41) is 0. The van der Waals surface area contributed by atoms with Crippen molar-refractivity contribution >= 4 is 22.6 Å². The zero-order valence-corrected chi connectivity index (χ0v) is 11.7. The largest absolute Gasteiger partial charge is 0.369 e. The third kappa shape index (κ3) is 3.45. The molecule has 1 aromatic rings. The maximum Gasteiger partial charge on any atom is 0.0918 e. The SMILES string of the molecule is ICC(OC1CCCCC1)c1ccccc1. The normalized spacial score (nSPS) is 19.6. The Hall–Kier alpha value is -0.0900. The average molecular weight is 330 g/mol. The number of rotatable bonds is 4. The van der Waals surface area contributed by atoms with E-state index in [4.69, 9.17) is 4.74 Å². The van der Waals surface area contributed by atoms with Crippen molar-refractivity contribution in [2.45, 2.75) is 44.3 Å². The molecule has 1 fully saturated rings. The van der Waals surface area contributed by atoms with E-state index in [1.807, 2.05) is 0 Å². The fourth-order valence-corrected chi connectivity index (χ4v) is 3.02. The van der Waals surface area contributed by atoms with Gasteiger partial charge in [0, 0.05) is 4.43 Å². The zero-order chi connectivity index (χ0) is 11.2. The molecular weight excluding hydrogens is 311 g/mol. The Balaban J connectivity index is 1.94. The molecule has 1 aliphatic carbocycles. The van der Waals surface area contributed by atoms with Gasteiger partial charge in [0.2, 0.25) is 0 Å². The van der Waals surface area contributed by atoms with Crippen molar-refractivity contribution in [1.82, 2.24) is 0 Å². The number of ether oxygens (including phenoxy) is 1. The smallest absolute Gasteiger partial charge is 0.0918 e. The Morgan fingerprint density at radius 2 is 1.81 bits per heavy atom. The number of benzene rings is 1. The summed E-state index contributed by atoms with van der Waals surface area (Å²) in [5.74, 6) is 0. The molecule has 16 heavy (non-hydrogen) atoms. The van der Waals surface area contributed by atoms with Crippen molar-refractivity contribution in [1.29, 1.82) is 0 Å². The molecular formula is C14H19IO. The van der Waals surface area contributed by atoms with Crippen molar-refractivity contribution in [2.24, 2.45) is 0 Å². The quantitative estimate of drug-likeness (QED) is 0.583. The molecule has 1 aromatic carbocycles. The number of halogens is 1. The molecule has 1 saturated carbocycles. The number of hydrogen-bond acceptors (Lipinski definition) is 1. The average Bonchev–Trinajstić information content (AvgIpc) is 2.38. The summed E-state index contributed by atoms with van der Waals surface area (Å²) in [5.41, 5.74) is 1.32. The highest BCUT2D eigenvalue weighted by atomic mass is 127. The fourth-order valence-electron chi connectivity index (χ4n) is 2.31. The van der Waals surface area contributed by atoms with Gasteiger partial charge < -0.3 is 4.74 Å². The Labute approximate surface area is 112 Å². The monoisotopic (exact) mass is 330 g/mol. The fraction of sp³-hybridized carbons (Fsp3) is 0.571. The van der Waals surface area contributed by atoms with Crippen molar-refractivity contribution in [2.75, 3.05) is 4.43 Å². The molecule has 0 N–H and O–H groups in total. The molecule has 1 atom stereocenters. The molecule has 1 nitrogen and oxygen atoms in total. The predicted molar refractivity (Wildman–Crippen MR) is 76.0 cm³/mol. The van der Waals surface area contributed by atoms with E-state index in [1.54, 1.807) is 0 Å². The van der Waals surface area contributed by atoms with Gasteiger partial charge in [0.05, 0.1) is 12.2 Å². The van der Waals surface area contributed by atoms with Crippen LogP contribution in [-0.4, -0.2) is 10.5 Å². The van der Waals surface area contributed by atoms with E-state index in [9.17, 15) is 0 Å². The molecule has 0 spiro atoms. The van der Waals surface area contributed by atoms with Crippen molar-refractivity contribution < 1.29 is 4.74 Å². The van der Waals surface area contributed by atoms with Crippen molar-refractivity contribution in [3.63, 3.8) is 0 Å². The standard InChI is InChI=1S/C14H19IO/c15-11-14(12-7-3-1-4-8-12)16-13-9-5-2-6-10-13/h1,3-4,7-8,13-14H,2,5-6,9-11H2. The van der Waals surface area contributed by atoms with E-state index in [1.165, 1.54) is 37.7 Å². The zero-order valence-electron chi connectivity index (χ0n) is 9.57. The van der Waals surface area contributed by atoms with Gasteiger partial charge in [-0.3, -0.25) is 0 Å². The van der Waals surface area contributed by atoms with Crippen LogP contribution in [0.3, 0.4) is 0 Å². The minimum absolute atomic E-state index is 0.282. The second-order valence-corrected chi connectivity index (χ2v) is 5.33. The summed E-state index contributed by atoms with van der Waals surface area (Å²) < 4.78 is 7.26. The summed E-state index contributed by atoms with van der Waals surface area (Å²) in [6.45, 7) is 0. The molecule has 0 amide bonds. The Morgan fingerprint density at radius 1 is 1.12 bits per heavy atom. The highest BCUT2D eigenvalue weighted by Crippen LogP contribution is 2.28. The first-order valence-electron chi connectivity index (χ1n) is 6.16. The number of alkyl halides is 1. The van der Waals surface area contributed by atoms with E-state index in [0.29, 0.717) is 6.10 Å². The lowest BCUT2D eigenvalue weighted by Gasteiger charge is -2.27. The van der Waals surface area contributed by atoms with Gasteiger partial charge >= 0.3 is 0 Å². The topological polar surface area (TPSA) is 9.23 Å². The van der Waals surface area contributed by atoms with Crippen molar-refractivity contribution in [3.8, 4) is 0 Å². The summed E-state index contributed by atoms with van der Waals surface area (Å²) in [6, 6.07) is 10.6. The molecule has 1 unspecified atom stereocenters. The first-order chi connectivity index (χ1) is 7.90. The van der Waals surface area contributed by atoms with Crippen LogP contribution >= 0.6 is 22.6 Å². The molecule has 0 heterocycles. The van der Waals surface area contributed by atoms with E-state index >= 15 is 0 Å². The van der Waals surface area contributed by atoms with Gasteiger partial charge in [0.25, 0.3) is 0 Å². The van der Waals surface area contributed by atoms with Crippen LogP contribution in [0.25, 0.3) is 0 Å². The summed E-state index contributed by atoms with van der Waals surface area (Å²) in [7, 11) is 0. The molecule has 0 bridgehead atoms. The third-order valence-corrected chi connectivity index (χ3v) is 4.02. The maximum absolute atomic E-state index is 6.22. The van der Waals surface area contributed by atoms with Crippen molar-refractivity contribution in [3.05, 3.63) is 35.9 Å². The molecule has 0 saturated heterocycles. The van der Waals surface area contributed by atoms with Crippen LogP contribution in [0.15, 0.2) is 30.3 Å². The Kier molecular flexibility index (Phi) is 5.10. The molecule has 0 aromatic heterocycles. The second-order valence-electron chi connectivity index (χ2n) is 4.45. The van der Waals surface area contributed by atoms with Gasteiger partial charge in [-0.05, 0) is 18.4 Å². The Morgan fingerprint density at radius 3 is 2.44 bits per heavy atom. The van der Waals surface area contributed by atoms with Gasteiger partial charge in [0.1, 0.15) is 0 Å². The van der Waals surface area contributed by atoms with Crippen LogP contribution < -0.4 is 0 Å². The minimum Gasteiger partial charge on any atom is -0.369 e. The minimum atomic E-state index is 0.282. The third-order valence-electron chi connectivity index (χ3n) is 3.22. The summed E-state index contributed by atoms with van der Waals surface area (Å²) >= 11 is 2.42. The highest BCUT2D eigenvalue weighted by Gasteiger charge is 2.19. The predicted octanol–water partition coefficient (Wildman–Crippen LogP) is 4.51. The lowest BCUT2D eigenvalue weighted by Crippen LogP contribution is -2.20. The van der Waals surface area contributed by atoms with Crippen LogP contribution in [0.5, 0.6) is 0 Å².